The summed E-state index contributed by atoms with van der Waals surface area (Å²) in [5.41, 5.74) is 8.06. The molecule has 0 aliphatic carbocycles. The molecule has 1 aromatic rings. The SMILES string of the molecule is CC1(C)CN(c2ccc(N)c(CC#N)c2)CC(CO)O1. The molecule has 0 aromatic heterocycles. The Morgan fingerprint density at radius 1 is 1.55 bits per heavy atom. The van der Waals surface area contributed by atoms with Gasteiger partial charge in [0.05, 0.1) is 30.8 Å². The first-order valence-corrected chi connectivity index (χ1v) is 6.74. The van der Waals surface area contributed by atoms with Crippen LogP contribution in [0.4, 0.5) is 11.4 Å². The molecule has 1 unspecified atom stereocenters. The Morgan fingerprint density at radius 2 is 2.30 bits per heavy atom. The van der Waals surface area contributed by atoms with Gasteiger partial charge in [0, 0.05) is 24.5 Å². The fourth-order valence-corrected chi connectivity index (χ4v) is 2.61. The second-order valence-electron chi connectivity index (χ2n) is 5.78. The molecule has 108 valence electrons. The van der Waals surface area contributed by atoms with E-state index in [1.165, 1.54) is 0 Å². The Kier molecular flexibility index (Phi) is 4.17. The van der Waals surface area contributed by atoms with Gasteiger partial charge in [-0.1, -0.05) is 0 Å². The van der Waals surface area contributed by atoms with E-state index in [2.05, 4.69) is 11.0 Å². The number of rotatable bonds is 3. The molecule has 0 radical (unpaired) electrons. The lowest BCUT2D eigenvalue weighted by atomic mass is 10.0. The number of aliphatic hydroxyl groups excluding tert-OH is 1. The number of aliphatic hydroxyl groups is 1. The Morgan fingerprint density at radius 3 is 2.95 bits per heavy atom. The molecule has 2 rings (SSSR count). The minimum atomic E-state index is -0.317. The van der Waals surface area contributed by atoms with Gasteiger partial charge in [0.2, 0.25) is 0 Å². The third-order valence-corrected chi connectivity index (χ3v) is 3.45. The van der Waals surface area contributed by atoms with Crippen molar-refractivity contribution < 1.29 is 9.84 Å². The van der Waals surface area contributed by atoms with Crippen LogP contribution in [0.1, 0.15) is 19.4 Å². The van der Waals surface area contributed by atoms with E-state index in [9.17, 15) is 5.11 Å². The second kappa shape index (κ2) is 5.70. The van der Waals surface area contributed by atoms with Gasteiger partial charge in [-0.2, -0.15) is 5.26 Å². The van der Waals surface area contributed by atoms with Gasteiger partial charge < -0.3 is 20.5 Å². The van der Waals surface area contributed by atoms with Crippen molar-refractivity contribution in [1.29, 1.82) is 5.26 Å². The van der Waals surface area contributed by atoms with Crippen molar-refractivity contribution in [3.05, 3.63) is 23.8 Å². The van der Waals surface area contributed by atoms with Crippen LogP contribution in [0, 0.1) is 11.3 Å². The number of morpholine rings is 1. The molecular formula is C15H21N3O2. The summed E-state index contributed by atoms with van der Waals surface area (Å²) in [5.74, 6) is 0. The van der Waals surface area contributed by atoms with E-state index < -0.39 is 0 Å². The van der Waals surface area contributed by atoms with Gasteiger partial charge in [-0.05, 0) is 37.6 Å². The van der Waals surface area contributed by atoms with E-state index in [1.807, 2.05) is 32.0 Å². The number of nitrogens with two attached hydrogens (primary N) is 1. The Bertz CT molecular complexity index is 522. The number of benzene rings is 1. The van der Waals surface area contributed by atoms with Crippen molar-refractivity contribution >= 4 is 11.4 Å². The van der Waals surface area contributed by atoms with Crippen LogP contribution in [0.3, 0.4) is 0 Å². The van der Waals surface area contributed by atoms with E-state index in [0.717, 1.165) is 17.8 Å². The van der Waals surface area contributed by atoms with Gasteiger partial charge in [0.1, 0.15) is 0 Å². The number of nitrogen functional groups attached to an aromatic ring is 1. The maximum Gasteiger partial charge on any atom is 0.0988 e. The molecule has 5 nitrogen and oxygen atoms in total. The molecule has 1 heterocycles. The summed E-state index contributed by atoms with van der Waals surface area (Å²) in [6.07, 6.45) is 0.104. The number of nitriles is 1. The van der Waals surface area contributed by atoms with Gasteiger partial charge in [-0.25, -0.2) is 0 Å². The van der Waals surface area contributed by atoms with Crippen LogP contribution < -0.4 is 10.6 Å². The third kappa shape index (κ3) is 3.21. The highest BCUT2D eigenvalue weighted by atomic mass is 16.5. The summed E-state index contributed by atoms with van der Waals surface area (Å²) in [6, 6.07) is 7.86. The van der Waals surface area contributed by atoms with E-state index >= 15 is 0 Å². The zero-order chi connectivity index (χ0) is 14.8. The van der Waals surface area contributed by atoms with E-state index in [0.29, 0.717) is 18.7 Å². The van der Waals surface area contributed by atoms with Crippen molar-refractivity contribution in [2.75, 3.05) is 30.3 Å². The quantitative estimate of drug-likeness (QED) is 0.813. The second-order valence-corrected chi connectivity index (χ2v) is 5.78. The lowest BCUT2D eigenvalue weighted by Gasteiger charge is -2.43. The van der Waals surface area contributed by atoms with Gasteiger partial charge in [0.15, 0.2) is 0 Å². The van der Waals surface area contributed by atoms with Crippen LogP contribution >= 0.6 is 0 Å². The normalized spacial score (nSPS) is 21.5. The first-order chi connectivity index (χ1) is 9.45. The van der Waals surface area contributed by atoms with Crippen molar-refractivity contribution in [2.24, 2.45) is 0 Å². The summed E-state index contributed by atoms with van der Waals surface area (Å²) in [5, 5.41) is 18.2. The van der Waals surface area contributed by atoms with E-state index in [4.69, 9.17) is 15.7 Å². The lowest BCUT2D eigenvalue weighted by molar-refractivity contribution is -0.101. The number of hydrogen-bond donors (Lipinski definition) is 2. The highest BCUT2D eigenvalue weighted by molar-refractivity contribution is 5.59. The van der Waals surface area contributed by atoms with Crippen LogP contribution in [0.5, 0.6) is 0 Å². The summed E-state index contributed by atoms with van der Waals surface area (Å²) in [7, 11) is 0. The van der Waals surface area contributed by atoms with Crippen LogP contribution in [0.2, 0.25) is 0 Å². The molecule has 1 fully saturated rings. The topological polar surface area (TPSA) is 82.5 Å². The van der Waals surface area contributed by atoms with E-state index in [1.54, 1.807) is 0 Å². The van der Waals surface area contributed by atoms with Crippen LogP contribution in [0.15, 0.2) is 18.2 Å². The van der Waals surface area contributed by atoms with Crippen molar-refractivity contribution in [2.45, 2.75) is 32.0 Å². The zero-order valence-corrected chi connectivity index (χ0v) is 12.0. The summed E-state index contributed by atoms with van der Waals surface area (Å²) in [6.45, 7) is 5.39. The molecule has 0 spiro atoms. The van der Waals surface area contributed by atoms with Gasteiger partial charge in [-0.3, -0.25) is 0 Å². The number of nitrogens with zero attached hydrogens (tertiary/aromatic N) is 2. The average Bonchev–Trinajstić information content (AvgIpc) is 2.39. The maximum absolute atomic E-state index is 9.36. The number of anilines is 2. The van der Waals surface area contributed by atoms with Gasteiger partial charge in [0.25, 0.3) is 0 Å². The predicted octanol–water partition coefficient (Wildman–Crippen LogP) is 1.31. The van der Waals surface area contributed by atoms with Crippen molar-refractivity contribution in [3.8, 4) is 6.07 Å². The Balaban J connectivity index is 2.26. The van der Waals surface area contributed by atoms with Crippen LogP contribution in [-0.4, -0.2) is 36.5 Å². The fraction of sp³-hybridized carbons (Fsp3) is 0.533. The van der Waals surface area contributed by atoms with Gasteiger partial charge >= 0.3 is 0 Å². The molecule has 5 heteroatoms. The largest absolute Gasteiger partial charge is 0.398 e. The molecule has 1 aromatic carbocycles. The number of ether oxygens (including phenoxy) is 1. The molecule has 20 heavy (non-hydrogen) atoms. The summed E-state index contributed by atoms with van der Waals surface area (Å²) in [4.78, 5) is 2.17. The first kappa shape index (κ1) is 14.6. The highest BCUT2D eigenvalue weighted by Gasteiger charge is 2.33. The molecular weight excluding hydrogens is 254 g/mol. The maximum atomic E-state index is 9.36. The monoisotopic (exact) mass is 275 g/mol. The number of hydrogen-bond acceptors (Lipinski definition) is 5. The molecule has 0 saturated carbocycles. The molecule has 1 aliphatic rings. The highest BCUT2D eigenvalue weighted by Crippen LogP contribution is 2.28. The predicted molar refractivity (Wildman–Crippen MR) is 78.4 cm³/mol. The minimum absolute atomic E-state index is 0.0000445. The molecule has 0 bridgehead atoms. The smallest absolute Gasteiger partial charge is 0.0988 e. The van der Waals surface area contributed by atoms with Crippen LogP contribution in [-0.2, 0) is 11.2 Å². The lowest BCUT2D eigenvalue weighted by Crippen LogP contribution is -2.54. The van der Waals surface area contributed by atoms with Crippen molar-refractivity contribution in [3.63, 3.8) is 0 Å². The van der Waals surface area contributed by atoms with E-state index in [-0.39, 0.29) is 18.3 Å². The van der Waals surface area contributed by atoms with Crippen LogP contribution in [0.25, 0.3) is 0 Å². The first-order valence-electron chi connectivity index (χ1n) is 6.74. The fourth-order valence-electron chi connectivity index (χ4n) is 2.61. The summed E-state index contributed by atoms with van der Waals surface area (Å²) < 4.78 is 5.81. The minimum Gasteiger partial charge on any atom is -0.398 e. The molecule has 1 aliphatic heterocycles. The molecule has 3 N–H and O–H groups in total. The van der Waals surface area contributed by atoms with Gasteiger partial charge in [-0.15, -0.1) is 0 Å². The Labute approximate surface area is 119 Å². The molecule has 0 amide bonds. The molecule has 1 atom stereocenters. The zero-order valence-electron chi connectivity index (χ0n) is 12.0. The van der Waals surface area contributed by atoms with Crippen molar-refractivity contribution in [1.82, 2.24) is 0 Å². The summed E-state index contributed by atoms with van der Waals surface area (Å²) >= 11 is 0. The average molecular weight is 275 g/mol. The standard InChI is InChI=1S/C15H21N3O2/c1-15(2)10-18(8-13(9-19)20-15)12-3-4-14(17)11(7-12)5-6-16/h3-4,7,13,19H,5,8-10,17H2,1-2H3. The molecule has 1 saturated heterocycles. The Hall–Kier alpha value is -1.77. The third-order valence-electron chi connectivity index (χ3n) is 3.45.